The van der Waals surface area contributed by atoms with Gasteiger partial charge in [0.1, 0.15) is 11.6 Å². The van der Waals surface area contributed by atoms with Crippen molar-refractivity contribution in [2.45, 2.75) is 155 Å². The maximum Gasteiger partial charge on any atom is 0.416 e. The first-order chi connectivity index (χ1) is 18.6. The van der Waals surface area contributed by atoms with Gasteiger partial charge in [-0.3, -0.25) is 9.59 Å². The molecule has 0 aliphatic carbocycles. The zero-order valence-corrected chi connectivity index (χ0v) is 26.1. The first-order valence-corrected chi connectivity index (χ1v) is 17.8. The monoisotopic (exact) mass is 598 g/mol. The van der Waals surface area contributed by atoms with Crippen LogP contribution in [0.5, 0.6) is 0 Å². The average molecular weight is 599 g/mol. The van der Waals surface area contributed by atoms with Crippen molar-refractivity contribution in [2.24, 2.45) is 0 Å². The Balaban J connectivity index is 3.87. The molecule has 39 heavy (non-hydrogen) atoms. The van der Waals surface area contributed by atoms with Crippen molar-refractivity contribution in [3.8, 4) is 0 Å². The maximum atomic E-state index is 11.9. The van der Waals surface area contributed by atoms with E-state index in [0.717, 1.165) is 51.4 Å². The molecule has 0 aromatic heterocycles. The highest BCUT2D eigenvalue weighted by atomic mass is 32.3. The Morgan fingerprint density at radius 2 is 0.718 bits per heavy atom. The Hall–Kier alpha value is -0.880. The quantitative estimate of drug-likeness (QED) is 0.0782. The molecule has 0 rings (SSSR count). The van der Waals surface area contributed by atoms with E-state index in [9.17, 15) is 26.4 Å². The molecule has 0 fully saturated rings. The Kier molecular flexibility index (Phi) is 24.3. The lowest BCUT2D eigenvalue weighted by Crippen LogP contribution is -2.20. The molecule has 9 nitrogen and oxygen atoms in total. The van der Waals surface area contributed by atoms with Gasteiger partial charge in [0.05, 0.1) is 13.2 Å². The van der Waals surface area contributed by atoms with E-state index in [4.69, 9.17) is 0 Å². The highest BCUT2D eigenvalue weighted by Crippen LogP contribution is 2.13. The van der Waals surface area contributed by atoms with Crippen molar-refractivity contribution in [3.05, 3.63) is 0 Å². The van der Waals surface area contributed by atoms with Crippen molar-refractivity contribution in [3.63, 3.8) is 0 Å². The van der Waals surface area contributed by atoms with E-state index < -0.39 is 34.0 Å². The van der Waals surface area contributed by atoms with Crippen molar-refractivity contribution in [1.82, 2.24) is 0 Å². The van der Waals surface area contributed by atoms with Crippen LogP contribution >= 0.6 is 0 Å². The largest absolute Gasteiger partial charge is 0.416 e. The minimum absolute atomic E-state index is 0.155. The van der Waals surface area contributed by atoms with Crippen molar-refractivity contribution in [2.75, 3.05) is 13.2 Å². The molecule has 0 aliphatic heterocycles. The van der Waals surface area contributed by atoms with Crippen LogP contribution in [-0.2, 0) is 42.4 Å². The van der Waals surface area contributed by atoms with Crippen molar-refractivity contribution >= 4 is 32.4 Å². The summed E-state index contributed by atoms with van der Waals surface area (Å²) in [7, 11) is -9.82. The Morgan fingerprint density at radius 1 is 0.436 bits per heavy atom. The Morgan fingerprint density at radius 3 is 1.03 bits per heavy atom. The van der Waals surface area contributed by atoms with Crippen LogP contribution in [0.15, 0.2) is 0 Å². The van der Waals surface area contributed by atoms with E-state index in [1.54, 1.807) is 0 Å². The molecule has 0 bridgehead atoms. The molecule has 0 radical (unpaired) electrons. The fourth-order valence-electron chi connectivity index (χ4n) is 4.17. The van der Waals surface area contributed by atoms with E-state index in [1.165, 1.54) is 64.2 Å². The summed E-state index contributed by atoms with van der Waals surface area (Å²) in [5.74, 6) is -0.310. The smallest absolute Gasteiger partial charge is 0.300 e. The van der Waals surface area contributed by atoms with Gasteiger partial charge in [-0.15, -0.1) is 3.63 Å². The molecule has 0 aromatic carbocycles. The predicted octanol–water partition coefficient (Wildman–Crippen LogP) is 7.29. The number of carbonyl (C=O) groups excluding carboxylic acids is 2. The number of rotatable bonds is 30. The number of hydrogen-bond acceptors (Lipinski definition) is 9. The van der Waals surface area contributed by atoms with Gasteiger partial charge in [0, 0.05) is 25.7 Å². The van der Waals surface area contributed by atoms with Crippen LogP contribution in [0.2, 0.25) is 0 Å². The lowest BCUT2D eigenvalue weighted by molar-refractivity contribution is -0.120. The highest BCUT2D eigenvalue weighted by Gasteiger charge is 2.25. The molecule has 0 saturated carbocycles. The van der Waals surface area contributed by atoms with Crippen molar-refractivity contribution in [1.29, 1.82) is 0 Å². The summed E-state index contributed by atoms with van der Waals surface area (Å²) in [6.45, 7) is 3.36. The first-order valence-electron chi connectivity index (χ1n) is 15.1. The Bertz CT molecular complexity index is 756. The number of hydrogen-bond donors (Lipinski definition) is 0. The van der Waals surface area contributed by atoms with Gasteiger partial charge in [0.15, 0.2) is 0 Å². The molecular weight excluding hydrogens is 544 g/mol. The van der Waals surface area contributed by atoms with Crippen LogP contribution in [0.25, 0.3) is 0 Å². The van der Waals surface area contributed by atoms with Crippen LogP contribution in [-0.4, -0.2) is 41.6 Å². The van der Waals surface area contributed by atoms with Crippen LogP contribution in [0, 0.1) is 0 Å². The summed E-state index contributed by atoms with van der Waals surface area (Å²) in [6.07, 6.45) is 20.6. The molecule has 0 spiro atoms. The summed E-state index contributed by atoms with van der Waals surface area (Å²) in [5.41, 5.74) is 0. The molecule has 0 heterocycles. The van der Waals surface area contributed by atoms with Gasteiger partial charge in [-0.2, -0.15) is 16.8 Å². The number of ketones is 2. The van der Waals surface area contributed by atoms with E-state index >= 15 is 0 Å². The standard InChI is InChI=1S/C28H54O9S2/c1-3-5-7-9-11-13-15-17-19-21-27(29)23-25-35-38(31,32)37-39(33,34)36-26-24-28(30)22-20-18-16-14-12-10-8-6-4-2/h3-26H2,1-2H3. The second-order valence-electron chi connectivity index (χ2n) is 10.3. The molecular formula is C28H54O9S2. The number of Topliss-reactive ketones (excluding diaryl/α,β-unsaturated/α-hetero) is 2. The molecule has 232 valence electrons. The van der Waals surface area contributed by atoms with Crippen molar-refractivity contribution < 1.29 is 38.4 Å². The molecule has 0 unspecified atom stereocenters. The summed E-state index contributed by atoms with van der Waals surface area (Å²) in [5, 5.41) is 0. The lowest BCUT2D eigenvalue weighted by Gasteiger charge is -2.07. The minimum atomic E-state index is -4.91. The second kappa shape index (κ2) is 24.9. The third-order valence-corrected chi connectivity index (χ3v) is 8.75. The van der Waals surface area contributed by atoms with E-state index in [2.05, 4.69) is 25.8 Å². The molecule has 0 aliphatic rings. The summed E-state index contributed by atoms with van der Waals surface area (Å²) in [4.78, 5) is 23.8. The zero-order valence-electron chi connectivity index (χ0n) is 24.5. The molecule has 0 amide bonds. The van der Waals surface area contributed by atoms with Gasteiger partial charge in [-0.1, -0.05) is 117 Å². The fraction of sp³-hybridized carbons (Fsp3) is 0.929. The third-order valence-electron chi connectivity index (χ3n) is 6.50. The number of unbranched alkanes of at least 4 members (excludes halogenated alkanes) is 16. The topological polar surface area (TPSA) is 130 Å². The molecule has 0 aromatic rings. The summed E-state index contributed by atoms with van der Waals surface area (Å²) >= 11 is 0. The second-order valence-corrected chi connectivity index (χ2v) is 12.9. The summed E-state index contributed by atoms with van der Waals surface area (Å²) in [6, 6.07) is 0. The lowest BCUT2D eigenvalue weighted by atomic mass is 10.0. The molecule has 0 atom stereocenters. The molecule has 0 N–H and O–H groups in total. The van der Waals surface area contributed by atoms with Gasteiger partial charge < -0.3 is 0 Å². The SMILES string of the molecule is CCCCCCCCCCCC(=O)CCOS(=O)(=O)OS(=O)(=O)OCCC(=O)CCCCCCCCCCC. The highest BCUT2D eigenvalue weighted by molar-refractivity contribution is 7.95. The van der Waals surface area contributed by atoms with Gasteiger partial charge >= 0.3 is 20.8 Å². The molecule has 0 saturated heterocycles. The third kappa shape index (κ3) is 27.1. The van der Waals surface area contributed by atoms with Crippen LogP contribution < -0.4 is 0 Å². The Labute approximate surface area is 238 Å². The zero-order chi connectivity index (χ0) is 29.2. The maximum absolute atomic E-state index is 11.9. The van der Waals surface area contributed by atoms with Crippen LogP contribution in [0.3, 0.4) is 0 Å². The predicted molar refractivity (Wildman–Crippen MR) is 154 cm³/mol. The van der Waals surface area contributed by atoms with Gasteiger partial charge in [-0.05, 0) is 12.8 Å². The summed E-state index contributed by atoms with van der Waals surface area (Å²) < 4.78 is 60.0. The van der Waals surface area contributed by atoms with Gasteiger partial charge in [0.25, 0.3) is 0 Å². The van der Waals surface area contributed by atoms with Gasteiger partial charge in [-0.25, -0.2) is 8.37 Å². The average Bonchev–Trinajstić information content (AvgIpc) is 2.85. The van der Waals surface area contributed by atoms with E-state index in [0.29, 0.717) is 12.8 Å². The van der Waals surface area contributed by atoms with Crippen LogP contribution in [0.1, 0.15) is 155 Å². The first kappa shape index (κ1) is 38.1. The minimum Gasteiger partial charge on any atom is -0.300 e. The van der Waals surface area contributed by atoms with Gasteiger partial charge in [0.2, 0.25) is 0 Å². The van der Waals surface area contributed by atoms with E-state index in [1.807, 2.05) is 0 Å². The normalized spacial score (nSPS) is 12.2. The fourth-order valence-corrected chi connectivity index (χ4v) is 5.88. The number of carbonyl (C=O) groups is 2. The van der Waals surface area contributed by atoms with E-state index in [-0.39, 0.29) is 24.4 Å². The molecule has 11 heteroatoms. The van der Waals surface area contributed by atoms with Crippen LogP contribution in [0.4, 0.5) is 0 Å².